The number of anilines is 1. The molecule has 7 aliphatic rings. The Balaban J connectivity index is 0.000000166. The molecule has 98 heavy (non-hydrogen) atoms. The van der Waals surface area contributed by atoms with Crippen LogP contribution in [0.2, 0.25) is 0 Å². The molecule has 25 heteroatoms. The Bertz CT molecular complexity index is 4340. The van der Waals surface area contributed by atoms with E-state index in [4.69, 9.17) is 28.4 Å². The predicted octanol–water partition coefficient (Wildman–Crippen LogP) is 8.69. The Morgan fingerprint density at radius 3 is 2.29 bits per heavy atom. The number of nitrogens with one attached hydrogen (secondary N) is 3. The van der Waals surface area contributed by atoms with Gasteiger partial charge in [-0.15, -0.1) is 11.3 Å². The number of phenols is 2. The summed E-state index contributed by atoms with van der Waals surface area (Å²) >= 11 is 1.40. The van der Waals surface area contributed by atoms with Gasteiger partial charge in [0.2, 0.25) is 23.4 Å². The number of ketones is 3. The molecule has 0 unspecified atom stereocenters. The highest BCUT2D eigenvalue weighted by Crippen LogP contribution is 2.56. The van der Waals surface area contributed by atoms with E-state index in [1.54, 1.807) is 31.2 Å². The lowest BCUT2D eigenvalue weighted by Crippen LogP contribution is -2.66. The Hall–Kier alpha value is -8.21. The van der Waals surface area contributed by atoms with Crippen LogP contribution in [0.15, 0.2) is 78.3 Å². The highest BCUT2D eigenvalue weighted by Gasteiger charge is 2.57. The quantitative estimate of drug-likeness (QED) is 0.0444. The zero-order valence-electron chi connectivity index (χ0n) is 57.2. The number of methoxy groups -OCH3 is 4. The molecule has 2 bridgehead atoms. The molecule has 13 atom stereocenters. The summed E-state index contributed by atoms with van der Waals surface area (Å²) in [5.74, 6) is -4.25. The molecule has 0 saturated carbocycles. The van der Waals surface area contributed by atoms with E-state index in [1.807, 2.05) is 37.4 Å². The van der Waals surface area contributed by atoms with Gasteiger partial charge in [-0.3, -0.25) is 34.2 Å². The third kappa shape index (κ3) is 12.1. The Morgan fingerprint density at radius 2 is 1.61 bits per heavy atom. The summed E-state index contributed by atoms with van der Waals surface area (Å²) in [4.78, 5) is 96.6. The van der Waals surface area contributed by atoms with Crippen LogP contribution in [-0.2, 0) is 61.2 Å². The number of hydrogen-bond donors (Lipinski definition) is 7. The number of carbonyl (C=O) groups excluding carboxylic acids is 6. The fourth-order valence-corrected chi connectivity index (χ4v) is 16.9. The maximum atomic E-state index is 14.8. The van der Waals surface area contributed by atoms with Crippen LogP contribution in [0.25, 0.3) is 27.5 Å². The average molecular weight is 1360 g/mol. The van der Waals surface area contributed by atoms with Crippen LogP contribution in [0.5, 0.6) is 11.5 Å². The summed E-state index contributed by atoms with van der Waals surface area (Å²) in [6.45, 7) is 13.0. The fourth-order valence-electron chi connectivity index (χ4n) is 16.2. The maximum absolute atomic E-state index is 14.8. The van der Waals surface area contributed by atoms with Crippen LogP contribution in [0.1, 0.15) is 153 Å². The molecule has 7 N–H and O–H groups in total. The highest BCUT2D eigenvalue weighted by molar-refractivity contribution is 7.12. The van der Waals surface area contributed by atoms with Crippen molar-refractivity contribution in [3.63, 3.8) is 0 Å². The van der Waals surface area contributed by atoms with E-state index in [2.05, 4.69) is 86.2 Å². The minimum absolute atomic E-state index is 0.0216. The number of aromatic hydroxyl groups is 2. The first-order chi connectivity index (χ1) is 46.6. The Morgan fingerprint density at radius 1 is 0.867 bits per heavy atom. The molecule has 2 amide bonds. The lowest BCUT2D eigenvalue weighted by atomic mass is 9.67. The predicted molar refractivity (Wildman–Crippen MR) is 364 cm³/mol. The summed E-state index contributed by atoms with van der Waals surface area (Å²) in [5.41, 5.74) is 3.25. The highest BCUT2D eigenvalue weighted by atomic mass is 32.1. The lowest BCUT2D eigenvalue weighted by molar-refractivity contribution is -0.341. The number of ether oxygens (including phenoxy) is 7. The number of aliphatic hydroxyl groups is 2. The number of imidazole rings is 1. The largest absolute Gasteiger partial charge is 0.507 e. The summed E-state index contributed by atoms with van der Waals surface area (Å²) in [6, 6.07) is 18.6. The van der Waals surface area contributed by atoms with Crippen LogP contribution in [-0.4, -0.2) is 209 Å². The fraction of sp³-hybridized carbons (Fsp3) is 0.466. The van der Waals surface area contributed by atoms with Gasteiger partial charge in [-0.1, -0.05) is 24.3 Å². The van der Waals surface area contributed by atoms with Crippen LogP contribution in [0, 0.1) is 5.92 Å². The second-order valence-electron chi connectivity index (χ2n) is 27.3. The number of hydrogen-bond acceptors (Lipinski definition) is 21. The molecule has 4 aromatic carbocycles. The number of benzene rings is 4. The topological polar surface area (TPSA) is 314 Å². The van der Waals surface area contributed by atoms with Gasteiger partial charge >= 0.3 is 12.1 Å². The van der Waals surface area contributed by atoms with Crippen LogP contribution in [0.3, 0.4) is 0 Å². The van der Waals surface area contributed by atoms with Crippen molar-refractivity contribution >= 4 is 80.1 Å². The van der Waals surface area contributed by atoms with Gasteiger partial charge in [-0.25, -0.2) is 9.78 Å². The van der Waals surface area contributed by atoms with Crippen molar-refractivity contribution < 1.29 is 82.4 Å². The number of aromatic amines is 2. The number of phenolic OH excluding ortho intramolecular Hbond substituents is 2. The third-order valence-corrected chi connectivity index (χ3v) is 21.7. The van der Waals surface area contributed by atoms with Gasteiger partial charge in [0.1, 0.15) is 35.2 Å². The minimum Gasteiger partial charge on any atom is -0.507 e. The summed E-state index contributed by atoms with van der Waals surface area (Å²) < 4.78 is 39.8. The van der Waals surface area contributed by atoms with E-state index in [0.29, 0.717) is 57.9 Å². The van der Waals surface area contributed by atoms with E-state index in [1.165, 1.54) is 86.2 Å². The Kier molecular flexibility index (Phi) is 19.1. The maximum Gasteiger partial charge on any atom is 0.413 e. The van der Waals surface area contributed by atoms with Gasteiger partial charge in [0, 0.05) is 91.7 Å². The molecular formula is C73H85N7O17S. The van der Waals surface area contributed by atoms with Crippen molar-refractivity contribution in [1.29, 1.82) is 0 Å². The van der Waals surface area contributed by atoms with Gasteiger partial charge in [-0.05, 0) is 170 Å². The molecule has 0 spiro atoms. The number of esters is 1. The molecule has 2 fully saturated rings. The van der Waals surface area contributed by atoms with Crippen LogP contribution >= 0.6 is 11.3 Å². The number of fused-ring (bicyclic) bond motifs is 11. The van der Waals surface area contributed by atoms with Gasteiger partial charge in [0.25, 0.3) is 0 Å². The molecule has 3 aliphatic carbocycles. The minimum atomic E-state index is -1.85. The number of thiophene rings is 1. The number of nitrogens with zero attached hydrogens (tertiary/aromatic N) is 4. The van der Waals surface area contributed by atoms with E-state index < -0.39 is 88.6 Å². The normalized spacial score (nSPS) is 28.1. The number of H-pyrrole nitrogens is 2. The zero-order chi connectivity index (χ0) is 70.4. The average Bonchev–Trinajstić information content (AvgIpc) is 0.806. The first kappa shape index (κ1) is 69.7. The SMILES string of the molecule is CCN(CC)C(=O)[C@@H]1C=C2c3cccc4[nH]cc(c34)C[C@H]2N(C)C1.COC(=O)Nc1nc2ccc(C(=O)c3cccs3)cc2[nH]1.COC(=O)[C@@H]1c2cc3c(c(O)c2[C@@H](O[C@@H]2O[C@@H](C)[C@H](OC)[C@@](C)(O)[C@H]2OC)C[C@]1(C)O)C(=O)c1c(O)cc2c(c1C3=O)C[C@H]1C[C@H](N(C)C)C[C@]2(C)O1. The molecule has 7 heterocycles. The molecular weight excluding hydrogens is 1280 g/mol. The number of carbonyl (C=O) groups is 6. The lowest BCUT2D eigenvalue weighted by Gasteiger charge is -2.50. The molecule has 2 saturated heterocycles. The third-order valence-electron chi connectivity index (χ3n) is 20.9. The van der Waals surface area contributed by atoms with Crippen molar-refractivity contribution in [2.24, 2.45) is 5.92 Å². The summed E-state index contributed by atoms with van der Waals surface area (Å²) in [7, 11) is 11.4. The number of rotatable bonds is 12. The van der Waals surface area contributed by atoms with Crippen molar-refractivity contribution in [2.45, 2.75) is 145 Å². The second kappa shape index (κ2) is 26.8. The van der Waals surface area contributed by atoms with E-state index >= 15 is 0 Å². The monoisotopic (exact) mass is 1360 g/mol. The van der Waals surface area contributed by atoms with Crippen molar-refractivity contribution in [3.05, 3.63) is 144 Å². The molecule has 3 aromatic heterocycles. The molecule has 24 nitrogen and oxygen atoms in total. The molecule has 0 radical (unpaired) electrons. The number of aromatic nitrogens is 3. The van der Waals surface area contributed by atoms with E-state index in [9.17, 15) is 49.2 Å². The van der Waals surface area contributed by atoms with Crippen molar-refractivity contribution in [1.82, 2.24) is 29.7 Å². The van der Waals surface area contributed by atoms with E-state index in [0.717, 1.165) is 33.2 Å². The van der Waals surface area contributed by atoms with E-state index in [-0.39, 0.29) is 75.5 Å². The zero-order valence-corrected chi connectivity index (χ0v) is 58.0. The summed E-state index contributed by atoms with van der Waals surface area (Å²) in [6.07, 6.45) is 0.744. The summed E-state index contributed by atoms with van der Waals surface area (Å²) in [5, 5.41) is 52.7. The number of likely N-dealkylation sites (N-methyl/N-ethyl adjacent to an activating group) is 1. The van der Waals surface area contributed by atoms with Gasteiger partial charge in [-0.2, -0.15) is 0 Å². The second-order valence-corrected chi connectivity index (χ2v) is 28.2. The molecule has 520 valence electrons. The van der Waals surface area contributed by atoms with Gasteiger partial charge < -0.3 is 73.4 Å². The number of amides is 2. The standard InChI is InChI=1S/C39H49NO13.C20H25N3O.C14H11N3O3S/c1-16-33(48-7)39(4,47)34(49-8)36(51-16)52-24-15-37(2,46)29(35(45)50-9)20-12-21-27(31(43)25(20)24)32(44)28-23(41)13-22-19(26(28)30(21)42)11-18-10-17(40(5)6)14-38(22,3)53-18;1-4-23(5-2)20(24)14-9-16-15-7-6-8-17-19(15)13(11-21-17)10-18(16)22(3)12-14;1-20-14(19)17-13-15-9-5-4-8(7-10(9)16-13)12(18)11-3-2-6-21-11/h12-13,16-18,24,29,33-34,36,41,43,46-47H,10-11,14-15H2,1-9H3;6-9,11,14,18,21H,4-5,10,12H2,1-3H3;2-7H,1H3,(H2,15,16,17,19)/t16-,17-,18+,24-,29-,33-,34-,36-,37-,38-,39+;14-,18-;/m01./s1. The van der Waals surface area contributed by atoms with Crippen LogP contribution < -0.4 is 5.32 Å². The molecule has 4 aliphatic heterocycles. The van der Waals surface area contributed by atoms with Gasteiger partial charge in [0.05, 0.1) is 76.7 Å². The first-order valence-electron chi connectivity index (χ1n) is 33.0. The van der Waals surface area contributed by atoms with Gasteiger partial charge in [0.15, 0.2) is 12.1 Å². The first-order valence-corrected chi connectivity index (χ1v) is 33.8. The van der Waals surface area contributed by atoms with Crippen molar-refractivity contribution in [2.75, 3.05) is 74.5 Å². The smallest absolute Gasteiger partial charge is 0.413 e. The van der Waals surface area contributed by atoms with Crippen LogP contribution in [0.4, 0.5) is 10.7 Å². The molecule has 14 rings (SSSR count). The molecule has 7 aromatic rings. The Labute approximate surface area is 571 Å². The van der Waals surface area contributed by atoms with Crippen molar-refractivity contribution in [3.8, 4) is 11.5 Å².